The van der Waals surface area contributed by atoms with Gasteiger partial charge in [-0.1, -0.05) is 12.5 Å². The number of epoxide rings is 1. The van der Waals surface area contributed by atoms with Crippen LogP contribution in [-0.2, 0) is 8.85 Å². The predicted molar refractivity (Wildman–Crippen MR) is 91.0 cm³/mol. The Hall–Kier alpha value is 0.571. The van der Waals surface area contributed by atoms with Crippen LogP contribution in [0.2, 0.25) is 44.3 Å². The van der Waals surface area contributed by atoms with E-state index in [0.717, 1.165) is 5.92 Å². The third-order valence-corrected chi connectivity index (χ3v) is 13.8. The molecular formula is C14H32O2Si3. The van der Waals surface area contributed by atoms with Gasteiger partial charge in [0.1, 0.15) is 0 Å². The van der Waals surface area contributed by atoms with Gasteiger partial charge in [-0.05, 0) is 63.5 Å². The summed E-state index contributed by atoms with van der Waals surface area (Å²) in [6.07, 6.45) is 6.72. The standard InChI is InChI=1S/C14H32O2Si3/c1-18(2,16-19(3,4)10-8-17)9-7-12-5-6-13-14(11-12)15-13/h12-14H,5-11H2,1-4,17H3. The lowest BCUT2D eigenvalue weighted by Crippen LogP contribution is -2.44. The summed E-state index contributed by atoms with van der Waals surface area (Å²) in [4.78, 5) is 0. The summed E-state index contributed by atoms with van der Waals surface area (Å²) in [5.41, 5.74) is 0. The zero-order chi connectivity index (χ0) is 14.1. The number of rotatable bonds is 7. The second-order valence-electron chi connectivity index (χ2n) is 7.80. The van der Waals surface area contributed by atoms with E-state index in [1.807, 2.05) is 0 Å². The van der Waals surface area contributed by atoms with E-state index in [-0.39, 0.29) is 0 Å². The number of ether oxygens (including phenoxy) is 1. The third kappa shape index (κ3) is 5.12. The van der Waals surface area contributed by atoms with E-state index >= 15 is 0 Å². The molecule has 2 rings (SSSR count). The molecule has 0 aromatic carbocycles. The van der Waals surface area contributed by atoms with E-state index in [1.165, 1.54) is 54.1 Å². The molecule has 0 bridgehead atoms. The minimum atomic E-state index is -1.43. The average molecular weight is 317 g/mol. The van der Waals surface area contributed by atoms with Crippen molar-refractivity contribution in [3.8, 4) is 0 Å². The maximum Gasteiger partial charge on any atom is 0.173 e. The maximum atomic E-state index is 6.66. The van der Waals surface area contributed by atoms with Gasteiger partial charge in [0, 0.05) is 10.2 Å². The molecule has 0 spiro atoms. The lowest BCUT2D eigenvalue weighted by Gasteiger charge is -2.35. The minimum Gasteiger partial charge on any atom is -0.456 e. The van der Waals surface area contributed by atoms with Gasteiger partial charge < -0.3 is 8.85 Å². The molecule has 1 aliphatic heterocycles. The molecule has 0 aromatic rings. The van der Waals surface area contributed by atoms with Crippen molar-refractivity contribution in [2.75, 3.05) is 0 Å². The molecular weight excluding hydrogens is 284 g/mol. The van der Waals surface area contributed by atoms with Crippen LogP contribution in [0.15, 0.2) is 0 Å². The highest BCUT2D eigenvalue weighted by Gasteiger charge is 2.44. The number of hydrogen-bond donors (Lipinski definition) is 0. The maximum absolute atomic E-state index is 6.66. The fraction of sp³-hybridized carbons (Fsp3) is 1.00. The van der Waals surface area contributed by atoms with Crippen molar-refractivity contribution in [1.82, 2.24) is 0 Å². The first-order valence-corrected chi connectivity index (χ1v) is 15.8. The molecule has 0 N–H and O–H groups in total. The van der Waals surface area contributed by atoms with E-state index in [2.05, 4.69) is 26.2 Å². The van der Waals surface area contributed by atoms with E-state index in [0.29, 0.717) is 12.2 Å². The summed E-state index contributed by atoms with van der Waals surface area (Å²) >= 11 is 0. The van der Waals surface area contributed by atoms with E-state index < -0.39 is 16.6 Å². The highest BCUT2D eigenvalue weighted by Crippen LogP contribution is 2.41. The van der Waals surface area contributed by atoms with Crippen LogP contribution in [0.4, 0.5) is 0 Å². The molecule has 1 aliphatic carbocycles. The molecule has 1 heterocycles. The Morgan fingerprint density at radius 2 is 1.74 bits per heavy atom. The van der Waals surface area contributed by atoms with Crippen LogP contribution in [0.3, 0.4) is 0 Å². The predicted octanol–water partition coefficient (Wildman–Crippen LogP) is 3.15. The van der Waals surface area contributed by atoms with Crippen LogP contribution in [0.1, 0.15) is 25.7 Å². The molecule has 2 aliphatic rings. The van der Waals surface area contributed by atoms with Gasteiger partial charge >= 0.3 is 0 Å². The van der Waals surface area contributed by atoms with Crippen molar-refractivity contribution >= 4 is 26.9 Å². The van der Waals surface area contributed by atoms with Crippen molar-refractivity contribution in [3.05, 3.63) is 0 Å². The average Bonchev–Trinajstić information content (AvgIpc) is 3.02. The van der Waals surface area contributed by atoms with Crippen LogP contribution in [0, 0.1) is 5.92 Å². The first-order chi connectivity index (χ1) is 8.81. The summed E-state index contributed by atoms with van der Waals surface area (Å²) in [5, 5.41) is 0. The van der Waals surface area contributed by atoms with Crippen molar-refractivity contribution in [2.45, 2.75) is 82.2 Å². The summed E-state index contributed by atoms with van der Waals surface area (Å²) in [6, 6.07) is 4.13. The van der Waals surface area contributed by atoms with Gasteiger partial charge in [0.25, 0.3) is 0 Å². The van der Waals surface area contributed by atoms with Crippen molar-refractivity contribution < 1.29 is 8.85 Å². The smallest absolute Gasteiger partial charge is 0.173 e. The van der Waals surface area contributed by atoms with Gasteiger partial charge in [0.15, 0.2) is 16.6 Å². The van der Waals surface area contributed by atoms with Gasteiger partial charge in [-0.25, -0.2) is 0 Å². The van der Waals surface area contributed by atoms with Gasteiger partial charge in [0.2, 0.25) is 0 Å². The minimum absolute atomic E-state index is 0.639. The lowest BCUT2D eigenvalue weighted by atomic mass is 9.88. The lowest BCUT2D eigenvalue weighted by molar-refractivity contribution is 0.355. The third-order valence-electron chi connectivity index (χ3n) is 4.67. The van der Waals surface area contributed by atoms with Crippen LogP contribution in [0.25, 0.3) is 0 Å². The van der Waals surface area contributed by atoms with Crippen LogP contribution < -0.4 is 0 Å². The number of hydrogen-bond acceptors (Lipinski definition) is 2. The molecule has 2 fully saturated rings. The molecule has 5 heteroatoms. The molecule has 1 saturated carbocycles. The molecule has 2 nitrogen and oxygen atoms in total. The second kappa shape index (κ2) is 6.13. The summed E-state index contributed by atoms with van der Waals surface area (Å²) in [5.74, 6) is 0.919. The van der Waals surface area contributed by atoms with Crippen molar-refractivity contribution in [2.24, 2.45) is 5.92 Å². The Kier molecular flexibility index (Phi) is 5.15. The van der Waals surface area contributed by atoms with E-state index in [4.69, 9.17) is 8.85 Å². The van der Waals surface area contributed by atoms with Crippen molar-refractivity contribution in [3.63, 3.8) is 0 Å². The monoisotopic (exact) mass is 316 g/mol. The van der Waals surface area contributed by atoms with Crippen LogP contribution >= 0.6 is 0 Å². The molecule has 0 aromatic heterocycles. The van der Waals surface area contributed by atoms with Gasteiger partial charge in [-0.3, -0.25) is 0 Å². The Labute approximate surface area is 124 Å². The van der Waals surface area contributed by atoms with Crippen molar-refractivity contribution in [1.29, 1.82) is 0 Å². The molecule has 3 atom stereocenters. The largest absolute Gasteiger partial charge is 0.456 e. The fourth-order valence-corrected chi connectivity index (χ4v) is 16.5. The number of fused-ring (bicyclic) bond motifs is 1. The van der Waals surface area contributed by atoms with E-state index in [1.54, 1.807) is 0 Å². The highest BCUT2D eigenvalue weighted by molar-refractivity contribution is 6.85. The fourth-order valence-electron chi connectivity index (χ4n) is 3.75. The summed E-state index contributed by atoms with van der Waals surface area (Å²) < 4.78 is 12.3. The Bertz CT molecular complexity index is 307. The summed E-state index contributed by atoms with van der Waals surface area (Å²) in [6.45, 7) is 9.72. The van der Waals surface area contributed by atoms with Crippen LogP contribution in [0.5, 0.6) is 0 Å². The zero-order valence-electron chi connectivity index (χ0n) is 13.5. The SMILES string of the molecule is C[Si](C)(CC[SiH3])O[Si](C)(C)CCC1CCC2OC2C1. The first kappa shape index (κ1) is 16.0. The Morgan fingerprint density at radius 1 is 1.05 bits per heavy atom. The molecule has 1 saturated heterocycles. The van der Waals surface area contributed by atoms with Gasteiger partial charge in [-0.2, -0.15) is 0 Å². The second-order valence-corrected chi connectivity index (χ2v) is 17.7. The first-order valence-electron chi connectivity index (χ1n) is 8.17. The topological polar surface area (TPSA) is 21.8 Å². The zero-order valence-corrected chi connectivity index (χ0v) is 17.5. The summed E-state index contributed by atoms with van der Waals surface area (Å²) in [7, 11) is -1.46. The molecule has 0 radical (unpaired) electrons. The normalized spacial score (nSPS) is 31.3. The van der Waals surface area contributed by atoms with Gasteiger partial charge in [0.05, 0.1) is 12.2 Å². The highest BCUT2D eigenvalue weighted by atomic mass is 28.4. The Balaban J connectivity index is 1.73. The Morgan fingerprint density at radius 3 is 2.37 bits per heavy atom. The molecule has 3 unspecified atom stereocenters. The molecule has 19 heavy (non-hydrogen) atoms. The van der Waals surface area contributed by atoms with Gasteiger partial charge in [-0.15, -0.1) is 0 Å². The molecule has 0 amide bonds. The van der Waals surface area contributed by atoms with Crippen LogP contribution in [-0.4, -0.2) is 39.1 Å². The van der Waals surface area contributed by atoms with E-state index in [9.17, 15) is 0 Å². The molecule has 112 valence electrons. The quantitative estimate of drug-likeness (QED) is 0.531.